The Kier molecular flexibility index (Phi) is 9.53. The van der Waals surface area contributed by atoms with Crippen molar-refractivity contribution in [2.45, 2.75) is 0 Å². The predicted molar refractivity (Wildman–Crippen MR) is 117 cm³/mol. The largest absolute Gasteiger partial charge is 1.00 e. The molecule has 0 aromatic heterocycles. The van der Waals surface area contributed by atoms with Gasteiger partial charge in [0.1, 0.15) is 0 Å². The third-order valence-electron chi connectivity index (χ3n) is 4.57. The molecule has 0 aliphatic heterocycles. The molecule has 4 aromatic carbocycles. The molecule has 0 N–H and O–H groups in total. The van der Waals surface area contributed by atoms with E-state index in [1.165, 1.54) is 0 Å². The summed E-state index contributed by atoms with van der Waals surface area (Å²) in [5.74, 6) is -1.24. The molecule has 0 heterocycles. The fourth-order valence-corrected chi connectivity index (χ4v) is 5.37. The van der Waals surface area contributed by atoms with Crippen LogP contribution in [0.5, 0.6) is 0 Å². The van der Waals surface area contributed by atoms with Crippen LogP contribution in [0.1, 0.15) is 11.1 Å². The van der Waals surface area contributed by atoms with Crippen LogP contribution in [-0.4, -0.2) is 0 Å². The molecule has 0 aliphatic rings. The molecular weight excluding hydrogens is 395 g/mol. The van der Waals surface area contributed by atoms with Crippen molar-refractivity contribution >= 4 is 29.4 Å². The maximum absolute atomic E-state index is 15.2. The van der Waals surface area contributed by atoms with Crippen LogP contribution in [0.4, 0.5) is 8.78 Å². The first-order valence-corrected chi connectivity index (χ1v) is 10.5. The Morgan fingerprint density at radius 1 is 0.645 bits per heavy atom. The maximum Gasteiger partial charge on any atom is 1.00 e. The van der Waals surface area contributed by atoms with E-state index in [-0.39, 0.29) is 48.6 Å². The quantitative estimate of drug-likeness (QED) is 0.233. The second-order valence-corrected chi connectivity index (χ2v) is 8.60. The first-order chi connectivity index (χ1) is 14.1. The van der Waals surface area contributed by atoms with Crippen molar-refractivity contribution in [3.63, 3.8) is 0 Å². The Balaban J connectivity index is 0.00000171. The molecule has 31 heavy (non-hydrogen) atoms. The van der Waals surface area contributed by atoms with Crippen molar-refractivity contribution in [2.75, 3.05) is 0 Å². The van der Waals surface area contributed by atoms with Gasteiger partial charge in [0.15, 0.2) is 0 Å². The van der Waals surface area contributed by atoms with Crippen molar-refractivity contribution in [1.82, 2.24) is 0 Å². The van der Waals surface area contributed by atoms with Crippen LogP contribution in [0.25, 0.3) is 5.57 Å². The van der Waals surface area contributed by atoms with Gasteiger partial charge >= 0.3 is 37.7 Å². The third-order valence-corrected chi connectivity index (χ3v) is 6.95. The molecule has 4 aromatic rings. The summed E-state index contributed by atoms with van der Waals surface area (Å²) in [6.45, 7) is 3.94. The molecule has 0 unspecified atom stereocenters. The summed E-state index contributed by atoms with van der Waals surface area (Å²) < 4.78 is 30.3. The first kappa shape index (κ1) is 25.4. The van der Waals surface area contributed by atoms with E-state index < -0.39 is 19.6 Å². The van der Waals surface area contributed by atoms with E-state index in [9.17, 15) is 0 Å². The van der Waals surface area contributed by atoms with Gasteiger partial charge in [-0.1, -0.05) is 116 Å². The van der Waals surface area contributed by atoms with Crippen LogP contribution in [0.2, 0.25) is 0 Å². The van der Waals surface area contributed by atoms with Gasteiger partial charge in [-0.25, -0.2) is 17.7 Å². The van der Waals surface area contributed by atoms with Crippen molar-refractivity contribution in [3.05, 3.63) is 132 Å². The smallest absolute Gasteiger partial charge is 0.305 e. The molecule has 142 valence electrons. The minimum Gasteiger partial charge on any atom is -0.305 e. The van der Waals surface area contributed by atoms with E-state index in [1.54, 1.807) is 0 Å². The Labute approximate surface area is 207 Å². The molecule has 0 atom stereocenters. The van der Waals surface area contributed by atoms with E-state index >= 15 is 8.78 Å². The average molecular weight is 412 g/mol. The molecule has 0 spiro atoms. The van der Waals surface area contributed by atoms with Crippen LogP contribution in [0, 0.1) is 23.8 Å². The topological polar surface area (TPSA) is 0 Å². The van der Waals surface area contributed by atoms with Crippen molar-refractivity contribution in [2.24, 2.45) is 0 Å². The van der Waals surface area contributed by atoms with Gasteiger partial charge in [-0.3, -0.25) is 4.39 Å². The summed E-state index contributed by atoms with van der Waals surface area (Å²) in [6.07, 6.45) is 0. The van der Waals surface area contributed by atoms with E-state index in [4.69, 9.17) is 0 Å². The number of halogens is 2. The maximum atomic E-state index is 15.2. The van der Waals surface area contributed by atoms with Gasteiger partial charge in [-0.05, 0) is 10.6 Å². The summed E-state index contributed by atoms with van der Waals surface area (Å²) in [6, 6.07) is 33.6. The molecular formula is C26H17F2Li2P. The first-order valence-electron chi connectivity index (χ1n) is 9.13. The van der Waals surface area contributed by atoms with Crippen LogP contribution < -0.4 is 53.6 Å². The predicted octanol–water partition coefficient (Wildman–Crippen LogP) is -0.607. The van der Waals surface area contributed by atoms with Crippen LogP contribution in [0.15, 0.2) is 97.6 Å². The molecule has 0 saturated heterocycles. The number of hydrogen-bond donors (Lipinski definition) is 0. The summed E-state index contributed by atoms with van der Waals surface area (Å²) in [5.41, 5.74) is 1.11. The van der Waals surface area contributed by atoms with Gasteiger partial charge < -0.3 is 4.39 Å². The Morgan fingerprint density at radius 3 is 1.58 bits per heavy atom. The molecule has 0 aliphatic carbocycles. The van der Waals surface area contributed by atoms with E-state index in [0.29, 0.717) is 5.57 Å². The Bertz CT molecular complexity index is 1090. The van der Waals surface area contributed by atoms with Crippen LogP contribution in [-0.2, 0) is 0 Å². The zero-order valence-corrected chi connectivity index (χ0v) is 18.5. The van der Waals surface area contributed by atoms with Crippen LogP contribution >= 0.6 is 7.92 Å². The minimum atomic E-state index is -1.30. The van der Waals surface area contributed by atoms with Crippen LogP contribution in [0.3, 0.4) is 0 Å². The van der Waals surface area contributed by atoms with E-state index in [1.807, 2.05) is 91.0 Å². The standard InChI is InChI=1S/C26H17F2P.2Li/c1-19(20-11-5-2-6-12-20)23-17-25(28)26(18-24(23)27)29(21-13-7-3-8-14-21)22-15-9-4-10-16-22;;/h2-16H,1H2;;/q-2;2*+1. The fourth-order valence-electron chi connectivity index (χ4n) is 3.15. The van der Waals surface area contributed by atoms with E-state index in [0.717, 1.165) is 16.2 Å². The molecule has 4 rings (SSSR count). The molecule has 0 amide bonds. The minimum absolute atomic E-state index is 0. The molecule has 0 fully saturated rings. The van der Waals surface area contributed by atoms with Gasteiger partial charge in [0.2, 0.25) is 0 Å². The molecule has 0 bridgehead atoms. The third kappa shape index (κ3) is 5.67. The normalized spacial score (nSPS) is 10.2. The van der Waals surface area contributed by atoms with Crippen molar-refractivity contribution in [3.8, 4) is 0 Å². The number of benzene rings is 4. The molecule has 0 radical (unpaired) electrons. The molecule has 0 nitrogen and oxygen atoms in total. The van der Waals surface area contributed by atoms with Gasteiger partial charge in [0.25, 0.3) is 0 Å². The second-order valence-electron chi connectivity index (χ2n) is 6.45. The van der Waals surface area contributed by atoms with Gasteiger partial charge in [-0.15, -0.1) is 6.58 Å². The summed E-state index contributed by atoms with van der Waals surface area (Å²) >= 11 is 0. The zero-order valence-electron chi connectivity index (χ0n) is 17.6. The Hall–Kier alpha value is -1.90. The second kappa shape index (κ2) is 11.6. The number of hydrogen-bond acceptors (Lipinski definition) is 0. The van der Waals surface area contributed by atoms with Gasteiger partial charge in [-0.2, -0.15) is 10.9 Å². The molecule has 5 heteroatoms. The SMILES string of the molecule is C=C(c1ccccc1)c1[c-]c(F)c(P(c2ccccc2)c2ccccc2)[c-]c1F.[Li+].[Li+]. The van der Waals surface area contributed by atoms with E-state index in [2.05, 4.69) is 18.7 Å². The van der Waals surface area contributed by atoms with Crippen molar-refractivity contribution in [1.29, 1.82) is 0 Å². The summed E-state index contributed by atoms with van der Waals surface area (Å²) in [5, 5.41) is 2.04. The summed E-state index contributed by atoms with van der Waals surface area (Å²) in [4.78, 5) is 0. The monoisotopic (exact) mass is 412 g/mol. The van der Waals surface area contributed by atoms with Gasteiger partial charge in [0.05, 0.1) is 0 Å². The van der Waals surface area contributed by atoms with Gasteiger partial charge in [0, 0.05) is 0 Å². The fraction of sp³-hybridized carbons (Fsp3) is 0. The summed E-state index contributed by atoms with van der Waals surface area (Å²) in [7, 11) is -1.30. The zero-order chi connectivity index (χ0) is 20.2. The van der Waals surface area contributed by atoms with Crippen molar-refractivity contribution < 1.29 is 46.5 Å². The Morgan fingerprint density at radius 2 is 1.10 bits per heavy atom. The average Bonchev–Trinajstić information content (AvgIpc) is 2.78. The molecule has 0 saturated carbocycles. The number of rotatable bonds is 5.